The van der Waals surface area contributed by atoms with Gasteiger partial charge in [-0.3, -0.25) is 19.3 Å². The van der Waals surface area contributed by atoms with Crippen molar-refractivity contribution in [2.45, 2.75) is 56.5 Å². The van der Waals surface area contributed by atoms with Crippen LogP contribution in [0.2, 0.25) is 0 Å². The van der Waals surface area contributed by atoms with Crippen molar-refractivity contribution < 1.29 is 19.1 Å². The van der Waals surface area contributed by atoms with Crippen LogP contribution in [0.15, 0.2) is 91.0 Å². The number of carbonyl (C=O) groups is 3. The quantitative estimate of drug-likeness (QED) is 0.419. The van der Waals surface area contributed by atoms with E-state index in [1.165, 1.54) is 5.56 Å². The van der Waals surface area contributed by atoms with Crippen LogP contribution in [0.25, 0.3) is 0 Å². The van der Waals surface area contributed by atoms with Gasteiger partial charge >= 0.3 is 5.97 Å². The average molecular weight is 567 g/mol. The molecule has 42 heavy (non-hydrogen) atoms. The molecule has 3 aliphatic rings. The van der Waals surface area contributed by atoms with Crippen molar-refractivity contribution in [3.63, 3.8) is 0 Å². The fourth-order valence-electron chi connectivity index (χ4n) is 6.72. The topological polar surface area (TPSA) is 82.2 Å². The first-order valence-electron chi connectivity index (χ1n) is 14.9. The lowest BCUT2D eigenvalue weighted by Gasteiger charge is -2.54. The van der Waals surface area contributed by atoms with Crippen molar-refractivity contribution in [3.8, 4) is 0 Å². The van der Waals surface area contributed by atoms with Crippen LogP contribution < -0.4 is 10.2 Å². The first-order chi connectivity index (χ1) is 20.5. The maximum Gasteiger partial charge on any atom is 0.308 e. The minimum Gasteiger partial charge on any atom is -0.461 e. The van der Waals surface area contributed by atoms with Gasteiger partial charge in [0, 0.05) is 44.5 Å². The highest BCUT2D eigenvalue weighted by atomic mass is 16.5. The van der Waals surface area contributed by atoms with Crippen LogP contribution in [-0.2, 0) is 32.3 Å². The molecular weight excluding hydrogens is 528 g/mol. The van der Waals surface area contributed by atoms with E-state index in [1.54, 1.807) is 0 Å². The lowest BCUT2D eigenvalue weighted by atomic mass is 9.80. The zero-order chi connectivity index (χ0) is 28.9. The SMILES string of the molecule is O=C(CC1NC(=O)C2(CCN(c3ccccc3)CC2)N(C2CCN(Cc3ccccc3)C2)C1=O)OCc1ccccc1. The lowest BCUT2D eigenvalue weighted by Crippen LogP contribution is -2.75. The number of nitrogens with one attached hydrogen (secondary N) is 1. The smallest absolute Gasteiger partial charge is 0.308 e. The van der Waals surface area contributed by atoms with Gasteiger partial charge in [-0.1, -0.05) is 78.9 Å². The summed E-state index contributed by atoms with van der Waals surface area (Å²) in [5.41, 5.74) is 2.29. The number of likely N-dealkylation sites (tertiary alicyclic amines) is 1. The summed E-state index contributed by atoms with van der Waals surface area (Å²) in [4.78, 5) is 47.6. The van der Waals surface area contributed by atoms with Crippen molar-refractivity contribution in [2.24, 2.45) is 0 Å². The summed E-state index contributed by atoms with van der Waals surface area (Å²) in [5.74, 6) is -0.826. The Labute approximate surface area is 247 Å². The van der Waals surface area contributed by atoms with Gasteiger partial charge in [0.05, 0.1) is 6.42 Å². The highest BCUT2D eigenvalue weighted by molar-refractivity contribution is 6.01. The number of amides is 2. The van der Waals surface area contributed by atoms with Gasteiger partial charge in [-0.25, -0.2) is 0 Å². The molecule has 0 radical (unpaired) electrons. The Morgan fingerprint density at radius 1 is 0.833 bits per heavy atom. The predicted octanol–water partition coefficient (Wildman–Crippen LogP) is 3.76. The molecule has 3 aliphatic heterocycles. The standard InChI is InChI=1S/C34H38N4O4/c39-31(42-25-27-12-6-2-7-13-27)22-30-32(40)38(29-16-19-36(24-29)23-26-10-4-1-5-11-26)34(33(41)35-30)17-20-37(21-18-34)28-14-8-3-9-15-28/h1-15,29-30H,16-25H2,(H,35,41). The van der Waals surface area contributed by atoms with Gasteiger partial charge in [0.25, 0.3) is 0 Å². The highest BCUT2D eigenvalue weighted by Crippen LogP contribution is 2.38. The monoisotopic (exact) mass is 566 g/mol. The van der Waals surface area contributed by atoms with Gasteiger partial charge in [0.15, 0.2) is 0 Å². The minimum absolute atomic E-state index is 0.0987. The van der Waals surface area contributed by atoms with E-state index in [1.807, 2.05) is 71.6 Å². The molecule has 6 rings (SSSR count). The van der Waals surface area contributed by atoms with Crippen LogP contribution in [-0.4, -0.2) is 71.4 Å². The highest BCUT2D eigenvalue weighted by Gasteiger charge is 2.56. The number of esters is 1. The molecule has 8 heteroatoms. The zero-order valence-corrected chi connectivity index (χ0v) is 23.9. The van der Waals surface area contributed by atoms with Crippen molar-refractivity contribution in [2.75, 3.05) is 31.1 Å². The first kappa shape index (κ1) is 28.0. The van der Waals surface area contributed by atoms with Crippen LogP contribution in [0, 0.1) is 0 Å². The number of nitrogens with zero attached hydrogens (tertiary/aromatic N) is 3. The summed E-state index contributed by atoms with van der Waals surface area (Å²) in [6.45, 7) is 3.82. The number of hydrogen-bond donors (Lipinski definition) is 1. The van der Waals surface area contributed by atoms with Crippen LogP contribution >= 0.6 is 0 Å². The Balaban J connectivity index is 1.19. The zero-order valence-electron chi connectivity index (χ0n) is 23.9. The van der Waals surface area contributed by atoms with E-state index in [9.17, 15) is 14.4 Å². The number of benzene rings is 3. The van der Waals surface area contributed by atoms with Gasteiger partial charge in [-0.2, -0.15) is 0 Å². The predicted molar refractivity (Wildman–Crippen MR) is 160 cm³/mol. The van der Waals surface area contributed by atoms with Gasteiger partial charge in [-0.05, 0) is 42.5 Å². The largest absolute Gasteiger partial charge is 0.461 e. The molecule has 0 saturated carbocycles. The molecule has 1 spiro atoms. The van der Waals surface area contributed by atoms with E-state index in [-0.39, 0.29) is 30.9 Å². The normalized spacial score (nSPS) is 22.3. The number of piperazine rings is 1. The fourth-order valence-corrected chi connectivity index (χ4v) is 6.72. The molecule has 3 fully saturated rings. The minimum atomic E-state index is -0.930. The maximum absolute atomic E-state index is 14.2. The van der Waals surface area contributed by atoms with E-state index in [4.69, 9.17) is 4.74 Å². The van der Waals surface area contributed by atoms with Gasteiger partial charge in [0.1, 0.15) is 18.2 Å². The van der Waals surface area contributed by atoms with Gasteiger partial charge in [-0.15, -0.1) is 0 Å². The molecule has 2 amide bonds. The molecule has 8 nitrogen and oxygen atoms in total. The van der Waals surface area contributed by atoms with E-state index >= 15 is 0 Å². The van der Waals surface area contributed by atoms with Crippen LogP contribution in [0.4, 0.5) is 5.69 Å². The molecule has 0 bridgehead atoms. The van der Waals surface area contributed by atoms with E-state index in [0.717, 1.165) is 30.8 Å². The number of ether oxygens (including phenoxy) is 1. The summed E-state index contributed by atoms with van der Waals surface area (Å²) in [7, 11) is 0. The Morgan fingerprint density at radius 2 is 1.45 bits per heavy atom. The molecule has 0 aromatic heterocycles. The number of carbonyl (C=O) groups excluding carboxylic acids is 3. The summed E-state index contributed by atoms with van der Waals surface area (Å²) in [6.07, 6.45) is 1.70. The lowest BCUT2D eigenvalue weighted by molar-refractivity contribution is -0.165. The van der Waals surface area contributed by atoms with Crippen LogP contribution in [0.5, 0.6) is 0 Å². The first-order valence-corrected chi connectivity index (χ1v) is 14.9. The molecule has 3 aromatic carbocycles. The molecule has 1 N–H and O–H groups in total. The van der Waals surface area contributed by atoms with Crippen molar-refractivity contribution in [3.05, 3.63) is 102 Å². The molecular formula is C34H38N4O4. The van der Waals surface area contributed by atoms with Crippen molar-refractivity contribution in [1.29, 1.82) is 0 Å². The molecule has 3 saturated heterocycles. The molecule has 0 aliphatic carbocycles. The Kier molecular flexibility index (Phi) is 8.24. The molecule has 2 unspecified atom stereocenters. The van der Waals surface area contributed by atoms with Gasteiger partial charge in [0.2, 0.25) is 11.8 Å². The van der Waals surface area contributed by atoms with Crippen LogP contribution in [0.1, 0.15) is 36.8 Å². The Morgan fingerprint density at radius 3 is 2.12 bits per heavy atom. The van der Waals surface area contributed by atoms with E-state index in [0.29, 0.717) is 32.5 Å². The Hall–Kier alpha value is -4.17. The summed E-state index contributed by atoms with van der Waals surface area (Å²) < 4.78 is 5.48. The van der Waals surface area contributed by atoms with Crippen LogP contribution in [0.3, 0.4) is 0 Å². The summed E-state index contributed by atoms with van der Waals surface area (Å²) >= 11 is 0. The second-order valence-corrected chi connectivity index (χ2v) is 11.6. The van der Waals surface area contributed by atoms with Gasteiger partial charge < -0.3 is 19.9 Å². The maximum atomic E-state index is 14.2. The molecule has 3 aromatic rings. The number of anilines is 1. The number of piperidine rings is 1. The molecule has 218 valence electrons. The third-order valence-electron chi connectivity index (χ3n) is 8.91. The number of para-hydroxylation sites is 1. The third-order valence-corrected chi connectivity index (χ3v) is 8.91. The number of hydrogen-bond acceptors (Lipinski definition) is 6. The second-order valence-electron chi connectivity index (χ2n) is 11.6. The number of rotatable bonds is 8. The van der Waals surface area contributed by atoms with Crippen molar-refractivity contribution >= 4 is 23.5 Å². The Bertz CT molecular complexity index is 1380. The fraction of sp³-hybridized carbons (Fsp3) is 0.382. The molecule has 3 heterocycles. The van der Waals surface area contributed by atoms with E-state index < -0.39 is 17.6 Å². The summed E-state index contributed by atoms with van der Waals surface area (Å²) in [5, 5.41) is 2.95. The van der Waals surface area contributed by atoms with Crippen molar-refractivity contribution in [1.82, 2.24) is 15.1 Å². The third kappa shape index (κ3) is 5.90. The second kappa shape index (κ2) is 12.4. The van der Waals surface area contributed by atoms with E-state index in [2.05, 4.69) is 39.4 Å². The average Bonchev–Trinajstić information content (AvgIpc) is 3.48. The summed E-state index contributed by atoms with van der Waals surface area (Å²) in [6, 6.07) is 28.9. The molecule has 2 atom stereocenters.